The van der Waals surface area contributed by atoms with Crippen LogP contribution in [0.2, 0.25) is 5.02 Å². The predicted octanol–water partition coefficient (Wildman–Crippen LogP) is 6.63. The number of nitrogens with zero attached hydrogens (tertiary/aromatic N) is 1. The molecule has 0 heterocycles. The molecule has 4 rings (SSSR count). The molecular weight excluding hydrogens is 430 g/mol. The molecule has 0 spiro atoms. The van der Waals surface area contributed by atoms with Gasteiger partial charge in [-0.05, 0) is 60.5 Å². The fraction of sp³-hybridized carbons (Fsp3) is 0.0800. The molecule has 156 valence electrons. The summed E-state index contributed by atoms with van der Waals surface area (Å²) in [6, 6.07) is 23.2. The van der Waals surface area contributed by atoms with Crippen molar-refractivity contribution in [1.29, 1.82) is 0 Å². The molecule has 0 aromatic heterocycles. The van der Waals surface area contributed by atoms with Gasteiger partial charge in [-0.25, -0.2) is 0 Å². The number of halogens is 1. The van der Waals surface area contributed by atoms with Gasteiger partial charge in [0.1, 0.15) is 4.90 Å². The Morgan fingerprint density at radius 1 is 0.903 bits per heavy atom. The Hall–Kier alpha value is -3.15. The van der Waals surface area contributed by atoms with Crippen LogP contribution in [-0.2, 0) is 10.1 Å². The zero-order valence-electron chi connectivity index (χ0n) is 17.0. The van der Waals surface area contributed by atoms with E-state index in [0.29, 0.717) is 16.3 Å². The molecule has 31 heavy (non-hydrogen) atoms. The van der Waals surface area contributed by atoms with E-state index in [4.69, 9.17) is 15.8 Å². The van der Waals surface area contributed by atoms with Crippen LogP contribution in [0.15, 0.2) is 88.8 Å². The van der Waals surface area contributed by atoms with Gasteiger partial charge in [-0.3, -0.25) is 4.99 Å². The van der Waals surface area contributed by atoms with Crippen molar-refractivity contribution >= 4 is 44.4 Å². The summed E-state index contributed by atoms with van der Waals surface area (Å²) >= 11 is 6.21. The summed E-state index contributed by atoms with van der Waals surface area (Å²) in [5.74, 6) is 0.209. The van der Waals surface area contributed by atoms with E-state index in [1.54, 1.807) is 30.5 Å². The normalized spacial score (nSPS) is 11.8. The highest BCUT2D eigenvalue weighted by Gasteiger charge is 2.19. The second kappa shape index (κ2) is 8.53. The Morgan fingerprint density at radius 2 is 1.65 bits per heavy atom. The average Bonchev–Trinajstić information content (AvgIpc) is 2.75. The summed E-state index contributed by atoms with van der Waals surface area (Å²) in [5, 5.41) is 2.40. The largest absolute Gasteiger partial charge is 0.378 e. The molecule has 0 N–H and O–H groups in total. The van der Waals surface area contributed by atoms with Crippen molar-refractivity contribution in [1.82, 2.24) is 0 Å². The molecule has 0 saturated heterocycles. The number of hydrogen-bond donors (Lipinski definition) is 0. The van der Waals surface area contributed by atoms with Crippen LogP contribution in [0.25, 0.3) is 10.8 Å². The van der Waals surface area contributed by atoms with Crippen LogP contribution in [0, 0.1) is 13.8 Å². The number of fused-ring (bicyclic) bond motifs is 1. The van der Waals surface area contributed by atoms with Crippen molar-refractivity contribution in [2.45, 2.75) is 18.7 Å². The second-order valence-corrected chi connectivity index (χ2v) is 9.19. The molecule has 4 aromatic rings. The summed E-state index contributed by atoms with van der Waals surface area (Å²) in [7, 11) is -4.00. The Bertz CT molecular complexity index is 1390. The lowest BCUT2D eigenvalue weighted by Crippen LogP contribution is -2.11. The summed E-state index contributed by atoms with van der Waals surface area (Å²) < 4.78 is 31.3. The molecule has 4 aromatic carbocycles. The van der Waals surface area contributed by atoms with Crippen molar-refractivity contribution in [3.63, 3.8) is 0 Å². The SMILES string of the molecule is Cc1ccc(S(=O)(=O)Oc2ccc3ccccc3c2C=Nc2ccc(C)c(Cl)c2)cc1. The van der Waals surface area contributed by atoms with Crippen molar-refractivity contribution in [2.24, 2.45) is 4.99 Å². The Morgan fingerprint density at radius 3 is 2.39 bits per heavy atom. The van der Waals surface area contributed by atoms with Gasteiger partial charge in [0.25, 0.3) is 0 Å². The van der Waals surface area contributed by atoms with Crippen LogP contribution < -0.4 is 4.18 Å². The van der Waals surface area contributed by atoms with Crippen LogP contribution in [-0.4, -0.2) is 14.6 Å². The van der Waals surface area contributed by atoms with E-state index in [9.17, 15) is 8.42 Å². The third kappa shape index (κ3) is 4.63. The van der Waals surface area contributed by atoms with E-state index in [1.165, 1.54) is 12.1 Å². The second-order valence-electron chi connectivity index (χ2n) is 7.24. The molecule has 0 fully saturated rings. The van der Waals surface area contributed by atoms with E-state index < -0.39 is 10.1 Å². The van der Waals surface area contributed by atoms with Crippen LogP contribution >= 0.6 is 11.6 Å². The van der Waals surface area contributed by atoms with Gasteiger partial charge in [-0.1, -0.05) is 65.7 Å². The molecule has 4 nitrogen and oxygen atoms in total. The van der Waals surface area contributed by atoms with Crippen LogP contribution in [0.5, 0.6) is 5.75 Å². The van der Waals surface area contributed by atoms with Gasteiger partial charge in [0.15, 0.2) is 5.75 Å². The number of benzene rings is 4. The fourth-order valence-corrected chi connectivity index (χ4v) is 4.28. The minimum absolute atomic E-state index is 0.0967. The third-order valence-electron chi connectivity index (χ3n) is 4.94. The first-order valence-electron chi connectivity index (χ1n) is 9.67. The van der Waals surface area contributed by atoms with Crippen molar-refractivity contribution in [2.75, 3.05) is 0 Å². The molecule has 0 saturated carbocycles. The maximum absolute atomic E-state index is 12.9. The molecule has 0 aliphatic rings. The van der Waals surface area contributed by atoms with E-state index in [0.717, 1.165) is 21.9 Å². The summed E-state index contributed by atoms with van der Waals surface area (Å²) in [5.41, 5.74) is 3.16. The average molecular weight is 450 g/mol. The van der Waals surface area contributed by atoms with Crippen molar-refractivity contribution < 1.29 is 12.6 Å². The first kappa shape index (κ1) is 21.1. The number of aryl methyl sites for hydroxylation is 2. The molecule has 0 aliphatic carbocycles. The zero-order chi connectivity index (χ0) is 22.0. The van der Waals surface area contributed by atoms with Crippen LogP contribution in [0.4, 0.5) is 5.69 Å². The first-order chi connectivity index (χ1) is 14.8. The quantitative estimate of drug-likeness (QED) is 0.254. The highest BCUT2D eigenvalue weighted by Crippen LogP contribution is 2.30. The topological polar surface area (TPSA) is 55.7 Å². The lowest BCUT2D eigenvalue weighted by Gasteiger charge is -2.12. The summed E-state index contributed by atoms with van der Waals surface area (Å²) in [4.78, 5) is 4.62. The van der Waals surface area contributed by atoms with Gasteiger partial charge in [-0.15, -0.1) is 0 Å². The van der Waals surface area contributed by atoms with E-state index in [2.05, 4.69) is 4.99 Å². The molecule has 0 atom stereocenters. The predicted molar refractivity (Wildman–Crippen MR) is 126 cm³/mol. The molecule has 0 radical (unpaired) electrons. The molecule has 0 unspecified atom stereocenters. The van der Waals surface area contributed by atoms with E-state index in [1.807, 2.05) is 56.3 Å². The number of rotatable bonds is 5. The summed E-state index contributed by atoms with van der Waals surface area (Å²) in [6.45, 7) is 3.81. The fourth-order valence-electron chi connectivity index (χ4n) is 3.15. The maximum atomic E-state index is 12.9. The van der Waals surface area contributed by atoms with Gasteiger partial charge < -0.3 is 4.18 Å². The lowest BCUT2D eigenvalue weighted by molar-refractivity contribution is 0.486. The minimum atomic E-state index is -4.00. The van der Waals surface area contributed by atoms with Crippen molar-refractivity contribution in [3.8, 4) is 5.75 Å². The Labute approximate surface area is 186 Å². The standard InChI is InChI=1S/C25H20ClNO3S/c1-17-7-12-21(13-8-17)31(28,29)30-25-14-10-19-5-3-4-6-22(19)23(25)16-27-20-11-9-18(2)24(26)15-20/h3-16H,1-2H3. The van der Waals surface area contributed by atoms with Crippen LogP contribution in [0.3, 0.4) is 0 Å². The molecule has 0 bridgehead atoms. The molecule has 0 amide bonds. The van der Waals surface area contributed by atoms with Gasteiger partial charge in [0.05, 0.1) is 5.69 Å². The lowest BCUT2D eigenvalue weighted by atomic mass is 10.0. The number of aliphatic imine (C=N–C) groups is 1. The van der Waals surface area contributed by atoms with Crippen LogP contribution in [0.1, 0.15) is 16.7 Å². The van der Waals surface area contributed by atoms with Gasteiger partial charge in [-0.2, -0.15) is 8.42 Å². The highest BCUT2D eigenvalue weighted by atomic mass is 35.5. The molecule has 6 heteroatoms. The molecule has 0 aliphatic heterocycles. The monoisotopic (exact) mass is 449 g/mol. The van der Waals surface area contributed by atoms with E-state index in [-0.39, 0.29) is 10.6 Å². The van der Waals surface area contributed by atoms with Gasteiger partial charge in [0, 0.05) is 16.8 Å². The number of hydrogen-bond acceptors (Lipinski definition) is 4. The third-order valence-corrected chi connectivity index (χ3v) is 6.59. The van der Waals surface area contributed by atoms with Gasteiger partial charge in [0.2, 0.25) is 0 Å². The van der Waals surface area contributed by atoms with Crippen molar-refractivity contribution in [3.05, 3.63) is 101 Å². The maximum Gasteiger partial charge on any atom is 0.339 e. The van der Waals surface area contributed by atoms with Gasteiger partial charge >= 0.3 is 10.1 Å². The highest BCUT2D eigenvalue weighted by molar-refractivity contribution is 7.87. The Balaban J connectivity index is 1.79. The smallest absolute Gasteiger partial charge is 0.339 e. The molecular formula is C25H20ClNO3S. The minimum Gasteiger partial charge on any atom is -0.378 e. The summed E-state index contributed by atoms with van der Waals surface area (Å²) in [6.07, 6.45) is 1.61. The first-order valence-corrected chi connectivity index (χ1v) is 11.5. The zero-order valence-corrected chi connectivity index (χ0v) is 18.6. The van der Waals surface area contributed by atoms with E-state index >= 15 is 0 Å². The Kier molecular flexibility index (Phi) is 5.81.